The van der Waals surface area contributed by atoms with Gasteiger partial charge in [0.05, 0.1) is 0 Å². The van der Waals surface area contributed by atoms with Crippen molar-refractivity contribution >= 4 is 29.9 Å². The molecule has 2 N–H and O–H groups in total. The van der Waals surface area contributed by atoms with Crippen LogP contribution in [0.4, 0.5) is 13.2 Å². The second-order valence-electron chi connectivity index (χ2n) is 6.36. The highest BCUT2D eigenvalue weighted by atomic mass is 127. The lowest BCUT2D eigenvalue weighted by molar-refractivity contribution is -0.142. The zero-order chi connectivity index (χ0) is 18.4. The summed E-state index contributed by atoms with van der Waals surface area (Å²) in [6.45, 7) is 5.37. The van der Waals surface area contributed by atoms with E-state index in [-0.39, 0.29) is 42.1 Å². The molecule has 0 saturated carbocycles. The molecule has 1 aromatic heterocycles. The van der Waals surface area contributed by atoms with Crippen molar-refractivity contribution < 1.29 is 13.2 Å². The molecule has 1 fully saturated rings. The van der Waals surface area contributed by atoms with Crippen LogP contribution in [0, 0.1) is 0 Å². The SMILES string of the molecule is CCCN1CCC(NC(=NC)NCc2cn(C)nc2C(F)(F)F)CC1.I. The van der Waals surface area contributed by atoms with E-state index in [9.17, 15) is 13.2 Å². The monoisotopic (exact) mass is 488 g/mol. The molecule has 6 nitrogen and oxygen atoms in total. The smallest absolute Gasteiger partial charge is 0.354 e. The number of alkyl halides is 3. The lowest BCUT2D eigenvalue weighted by Gasteiger charge is -2.32. The van der Waals surface area contributed by atoms with Crippen LogP contribution in [0.15, 0.2) is 11.2 Å². The van der Waals surface area contributed by atoms with Crippen LogP contribution in [0.3, 0.4) is 0 Å². The number of piperidine rings is 1. The van der Waals surface area contributed by atoms with E-state index in [0.29, 0.717) is 5.96 Å². The predicted molar refractivity (Wildman–Crippen MR) is 107 cm³/mol. The number of hydrogen-bond acceptors (Lipinski definition) is 3. The normalized spacial score (nSPS) is 17.1. The zero-order valence-corrected chi connectivity index (χ0v) is 17.8. The molecule has 0 unspecified atom stereocenters. The van der Waals surface area contributed by atoms with E-state index in [4.69, 9.17) is 0 Å². The Labute approximate surface area is 169 Å². The van der Waals surface area contributed by atoms with Gasteiger partial charge in [-0.2, -0.15) is 18.3 Å². The Morgan fingerprint density at radius 1 is 1.35 bits per heavy atom. The van der Waals surface area contributed by atoms with Gasteiger partial charge in [-0.3, -0.25) is 9.67 Å². The number of aromatic nitrogens is 2. The predicted octanol–water partition coefficient (Wildman–Crippen LogP) is 2.60. The number of likely N-dealkylation sites (tertiary alicyclic amines) is 1. The maximum absolute atomic E-state index is 13.0. The molecule has 0 radical (unpaired) electrons. The molecule has 0 amide bonds. The highest BCUT2D eigenvalue weighted by Gasteiger charge is 2.36. The molecule has 0 aliphatic carbocycles. The average molecular weight is 488 g/mol. The molecule has 0 bridgehead atoms. The summed E-state index contributed by atoms with van der Waals surface area (Å²) in [6.07, 6.45) is 0.0738. The van der Waals surface area contributed by atoms with Gasteiger partial charge < -0.3 is 15.5 Å². The molecule has 10 heteroatoms. The van der Waals surface area contributed by atoms with Crippen molar-refractivity contribution in [3.05, 3.63) is 17.5 Å². The van der Waals surface area contributed by atoms with Crippen molar-refractivity contribution in [3.63, 3.8) is 0 Å². The third-order valence-corrected chi connectivity index (χ3v) is 4.31. The molecule has 1 saturated heterocycles. The van der Waals surface area contributed by atoms with Crippen LogP contribution >= 0.6 is 24.0 Å². The van der Waals surface area contributed by atoms with Gasteiger partial charge >= 0.3 is 6.18 Å². The third-order valence-electron chi connectivity index (χ3n) is 4.31. The van der Waals surface area contributed by atoms with E-state index in [2.05, 4.69) is 32.5 Å². The van der Waals surface area contributed by atoms with Gasteiger partial charge in [0.25, 0.3) is 0 Å². The van der Waals surface area contributed by atoms with Gasteiger partial charge in [0.15, 0.2) is 11.7 Å². The average Bonchev–Trinajstić information content (AvgIpc) is 2.94. The highest BCUT2D eigenvalue weighted by Crippen LogP contribution is 2.30. The highest BCUT2D eigenvalue weighted by molar-refractivity contribution is 14.0. The summed E-state index contributed by atoms with van der Waals surface area (Å²) in [6, 6.07) is 0.287. The van der Waals surface area contributed by atoms with Crippen molar-refractivity contribution in [1.29, 1.82) is 0 Å². The number of hydrogen-bond donors (Lipinski definition) is 2. The fraction of sp³-hybridized carbons (Fsp3) is 0.750. The molecule has 1 aromatic rings. The summed E-state index contributed by atoms with van der Waals surface area (Å²) >= 11 is 0. The number of aryl methyl sites for hydroxylation is 1. The molecular formula is C16H28F3IN6. The Bertz CT molecular complexity index is 579. The maximum Gasteiger partial charge on any atom is 0.435 e. The molecule has 0 spiro atoms. The Balaban J connectivity index is 0.00000338. The number of rotatable bonds is 5. The van der Waals surface area contributed by atoms with E-state index in [1.807, 2.05) is 0 Å². The summed E-state index contributed by atoms with van der Waals surface area (Å²) in [4.78, 5) is 6.55. The van der Waals surface area contributed by atoms with Crippen LogP contribution in [0.2, 0.25) is 0 Å². The Kier molecular flexibility index (Phi) is 9.14. The van der Waals surface area contributed by atoms with Crippen LogP contribution in [-0.2, 0) is 19.8 Å². The van der Waals surface area contributed by atoms with E-state index < -0.39 is 11.9 Å². The second kappa shape index (κ2) is 10.3. The van der Waals surface area contributed by atoms with Crippen LogP contribution in [0.25, 0.3) is 0 Å². The van der Waals surface area contributed by atoms with Gasteiger partial charge in [0.1, 0.15) is 0 Å². The molecule has 2 rings (SSSR count). The lowest BCUT2D eigenvalue weighted by Crippen LogP contribution is -2.48. The summed E-state index contributed by atoms with van der Waals surface area (Å²) < 4.78 is 40.1. The summed E-state index contributed by atoms with van der Waals surface area (Å²) in [5.41, 5.74) is -0.749. The number of guanidine groups is 1. The largest absolute Gasteiger partial charge is 0.435 e. The topological polar surface area (TPSA) is 57.5 Å². The van der Waals surface area contributed by atoms with E-state index in [1.165, 1.54) is 17.9 Å². The van der Waals surface area contributed by atoms with Gasteiger partial charge in [-0.25, -0.2) is 0 Å². The minimum Gasteiger partial charge on any atom is -0.354 e. The zero-order valence-electron chi connectivity index (χ0n) is 15.4. The molecule has 1 aliphatic rings. The minimum atomic E-state index is -4.46. The fourth-order valence-corrected chi connectivity index (χ4v) is 3.09. The van der Waals surface area contributed by atoms with Gasteiger partial charge in [-0.1, -0.05) is 6.92 Å². The Morgan fingerprint density at radius 2 is 2.00 bits per heavy atom. The first-order chi connectivity index (χ1) is 11.8. The van der Waals surface area contributed by atoms with E-state index >= 15 is 0 Å². The molecule has 2 heterocycles. The first-order valence-corrected chi connectivity index (χ1v) is 8.62. The van der Waals surface area contributed by atoms with Crippen LogP contribution in [0.1, 0.15) is 37.4 Å². The van der Waals surface area contributed by atoms with Crippen molar-refractivity contribution in [2.75, 3.05) is 26.7 Å². The maximum atomic E-state index is 13.0. The van der Waals surface area contributed by atoms with Crippen molar-refractivity contribution in [3.8, 4) is 0 Å². The standard InChI is InChI=1S/C16H27F3N6.HI/c1-4-7-25-8-5-13(6-9-25)22-15(20-2)21-10-12-11-24(3)23-14(12)16(17,18)19;/h11,13H,4-10H2,1-3H3,(H2,20,21,22);1H. The van der Waals surface area contributed by atoms with E-state index in [1.54, 1.807) is 7.05 Å². The van der Waals surface area contributed by atoms with E-state index in [0.717, 1.165) is 38.9 Å². The summed E-state index contributed by atoms with van der Waals surface area (Å²) in [7, 11) is 3.10. The van der Waals surface area contributed by atoms with Crippen molar-refractivity contribution in [1.82, 2.24) is 25.3 Å². The quantitative estimate of drug-likeness (QED) is 0.380. The Morgan fingerprint density at radius 3 is 2.54 bits per heavy atom. The van der Waals surface area contributed by atoms with Crippen LogP contribution < -0.4 is 10.6 Å². The molecule has 150 valence electrons. The number of aliphatic imine (C=N–C) groups is 1. The number of halogens is 4. The molecule has 0 atom stereocenters. The summed E-state index contributed by atoms with van der Waals surface area (Å²) in [5, 5.41) is 9.79. The van der Waals surface area contributed by atoms with Crippen LogP contribution in [-0.4, -0.2) is 53.4 Å². The van der Waals surface area contributed by atoms with Crippen molar-refractivity contribution in [2.24, 2.45) is 12.0 Å². The van der Waals surface area contributed by atoms with Gasteiger partial charge in [0, 0.05) is 51.5 Å². The molecule has 26 heavy (non-hydrogen) atoms. The second-order valence-corrected chi connectivity index (χ2v) is 6.36. The first kappa shape index (κ1) is 23.0. The lowest BCUT2D eigenvalue weighted by atomic mass is 10.1. The Hall–Kier alpha value is -1.04. The van der Waals surface area contributed by atoms with Gasteiger partial charge in [-0.15, -0.1) is 24.0 Å². The number of nitrogens with zero attached hydrogens (tertiary/aromatic N) is 4. The van der Waals surface area contributed by atoms with Gasteiger partial charge in [-0.05, 0) is 25.8 Å². The summed E-state index contributed by atoms with van der Waals surface area (Å²) in [5.74, 6) is 0.519. The van der Waals surface area contributed by atoms with Crippen molar-refractivity contribution in [2.45, 2.75) is 44.9 Å². The minimum absolute atomic E-state index is 0. The first-order valence-electron chi connectivity index (χ1n) is 8.62. The van der Waals surface area contributed by atoms with Crippen LogP contribution in [0.5, 0.6) is 0 Å². The molecule has 1 aliphatic heterocycles. The van der Waals surface area contributed by atoms with Gasteiger partial charge in [0.2, 0.25) is 0 Å². The number of nitrogens with one attached hydrogen (secondary N) is 2. The third kappa shape index (κ3) is 6.60. The molecule has 0 aromatic carbocycles. The fourth-order valence-electron chi connectivity index (χ4n) is 3.09. The molecular weight excluding hydrogens is 460 g/mol.